The molecular formula is C40H40N4O8S+2. The minimum atomic E-state index is -4.14. The minimum Gasteiger partial charge on any atom is -0.508 e. The zero-order valence-electron chi connectivity index (χ0n) is 29.1. The van der Waals surface area contributed by atoms with E-state index in [0.717, 1.165) is 35.0 Å². The Bertz CT molecular complexity index is 2330. The average Bonchev–Trinajstić information content (AvgIpc) is 3.60. The maximum absolute atomic E-state index is 14.3. The molecule has 0 spiro atoms. The van der Waals surface area contributed by atoms with Crippen LogP contribution < -0.4 is 24.7 Å². The van der Waals surface area contributed by atoms with E-state index in [2.05, 4.69) is 12.4 Å². The Balaban J connectivity index is 1.15. The van der Waals surface area contributed by atoms with Crippen molar-refractivity contribution in [3.8, 4) is 23.0 Å². The summed E-state index contributed by atoms with van der Waals surface area (Å²) in [6.07, 6.45) is 1.46. The molecule has 53 heavy (non-hydrogen) atoms. The van der Waals surface area contributed by atoms with E-state index in [1.54, 1.807) is 24.3 Å². The summed E-state index contributed by atoms with van der Waals surface area (Å²) in [7, 11) is -2.02. The van der Waals surface area contributed by atoms with Crippen LogP contribution in [0.15, 0.2) is 114 Å². The molecule has 272 valence electrons. The van der Waals surface area contributed by atoms with E-state index in [1.807, 2.05) is 42.5 Å². The number of urea groups is 1. The molecule has 2 heterocycles. The highest BCUT2D eigenvalue weighted by molar-refractivity contribution is 7.87. The molecule has 2 aliphatic heterocycles. The lowest BCUT2D eigenvalue weighted by Gasteiger charge is -2.38. The summed E-state index contributed by atoms with van der Waals surface area (Å²) < 4.78 is 44.8. The highest BCUT2D eigenvalue weighted by atomic mass is 32.2. The van der Waals surface area contributed by atoms with Gasteiger partial charge in [-0.25, -0.2) is 5.32 Å². The molecule has 0 aromatic heterocycles. The summed E-state index contributed by atoms with van der Waals surface area (Å²) in [6.45, 7) is 2.15. The molecule has 4 N–H and O–H groups in total. The predicted molar refractivity (Wildman–Crippen MR) is 199 cm³/mol. The molecule has 5 aromatic carbocycles. The quantitative estimate of drug-likeness (QED) is 0.0956. The lowest BCUT2D eigenvalue weighted by atomic mass is 10.0. The van der Waals surface area contributed by atoms with Crippen LogP contribution in [0.4, 0.5) is 10.5 Å². The number of hydrogen-bond donors (Lipinski definition) is 3. The molecule has 13 heteroatoms. The Morgan fingerprint density at radius 2 is 1.62 bits per heavy atom. The van der Waals surface area contributed by atoms with E-state index in [-0.39, 0.29) is 29.6 Å². The molecule has 0 aliphatic carbocycles. The standard InChI is InChI=1S/C40H38N4O8S/c1-44(24-28-10-19-37-38(22-28)51-26-50-37)20-4-7-32(25-44)43(36(39(41)46)21-27-8-14-33(45)15-9-27)40(47)42-31-12-16-34(17-13-31)52-53(48,49)35-18-11-29-5-2-3-6-30(29)23-35/h2-3,5-6,8-19,22-23,36H,4,7,20-21,24-26H2,1H3,(H2-2,41,42,45,46,47)/p+2/b43-32+/t36-,44?/m0/s1. The van der Waals surface area contributed by atoms with E-state index in [0.29, 0.717) is 46.7 Å². The van der Waals surface area contributed by atoms with Crippen molar-refractivity contribution in [3.63, 3.8) is 0 Å². The number of nitrogens with two attached hydrogens (primary N) is 1. The monoisotopic (exact) mass is 736 g/mol. The number of primary amides is 1. The van der Waals surface area contributed by atoms with Gasteiger partial charge in [-0.1, -0.05) is 42.5 Å². The summed E-state index contributed by atoms with van der Waals surface area (Å²) in [4.78, 5) is 27.5. The number of aromatic hydroxyl groups is 1. The van der Waals surface area contributed by atoms with Gasteiger partial charge in [-0.2, -0.15) is 17.8 Å². The summed E-state index contributed by atoms with van der Waals surface area (Å²) in [5, 5.41) is 14.4. The summed E-state index contributed by atoms with van der Waals surface area (Å²) in [6, 6.07) is 28.9. The number of hydrogen-bond acceptors (Lipinski definition) is 8. The number of carbonyl (C=O) groups is 2. The van der Waals surface area contributed by atoms with E-state index < -0.39 is 28.1 Å². The lowest BCUT2D eigenvalue weighted by molar-refractivity contribution is -0.918. The maximum atomic E-state index is 14.3. The number of anilines is 1. The molecule has 2 aliphatic rings. The maximum Gasteiger partial charge on any atom is 0.496 e. The van der Waals surface area contributed by atoms with Crippen molar-refractivity contribution in [2.45, 2.75) is 36.7 Å². The number of amides is 3. The Kier molecular flexibility index (Phi) is 9.78. The first-order valence-electron chi connectivity index (χ1n) is 17.2. The third-order valence-electron chi connectivity index (χ3n) is 9.61. The summed E-state index contributed by atoms with van der Waals surface area (Å²) in [5.74, 6) is 0.860. The fourth-order valence-corrected chi connectivity index (χ4v) is 8.00. The van der Waals surface area contributed by atoms with Crippen molar-refractivity contribution in [1.82, 2.24) is 0 Å². The normalized spacial score (nSPS) is 18.3. The van der Waals surface area contributed by atoms with Gasteiger partial charge in [0.1, 0.15) is 40.9 Å². The highest BCUT2D eigenvalue weighted by Crippen LogP contribution is 2.34. The summed E-state index contributed by atoms with van der Waals surface area (Å²) >= 11 is 0. The van der Waals surface area contributed by atoms with Gasteiger partial charge in [0.15, 0.2) is 17.5 Å². The van der Waals surface area contributed by atoms with Gasteiger partial charge in [0.2, 0.25) is 6.79 Å². The van der Waals surface area contributed by atoms with Crippen molar-refractivity contribution in [2.24, 2.45) is 5.73 Å². The SMILES string of the molecule is C[N+]1(Cc2ccc3c(c2)OCO3)CCC/C(=[N+](\C(=O)Nc2ccc(OS(=O)(=O)c3ccc4ccccc4c3)cc2)[C@@H](Cc2ccc(O)cc2)C(N)=O)C1. The third-order valence-corrected chi connectivity index (χ3v) is 10.9. The first-order chi connectivity index (χ1) is 25.4. The first kappa shape index (κ1) is 35.5. The topological polar surface area (TPSA) is 157 Å². The number of ether oxygens (including phenoxy) is 2. The van der Waals surface area contributed by atoms with Crippen LogP contribution in [0.25, 0.3) is 10.8 Å². The van der Waals surface area contributed by atoms with Gasteiger partial charge < -0.3 is 29.0 Å². The number of quaternary nitrogens is 1. The molecule has 0 radical (unpaired) electrons. The Hall–Kier alpha value is -5.92. The van der Waals surface area contributed by atoms with E-state index in [9.17, 15) is 23.1 Å². The molecule has 3 amide bonds. The number of fused-ring (bicyclic) bond motifs is 2. The smallest absolute Gasteiger partial charge is 0.496 e. The summed E-state index contributed by atoms with van der Waals surface area (Å²) in [5.41, 5.74) is 8.90. The van der Waals surface area contributed by atoms with Gasteiger partial charge in [-0.3, -0.25) is 4.79 Å². The van der Waals surface area contributed by atoms with Crippen LogP contribution in [0.3, 0.4) is 0 Å². The number of benzene rings is 5. The molecule has 1 unspecified atom stereocenters. The molecule has 5 aromatic rings. The van der Waals surface area contributed by atoms with E-state index in [4.69, 9.17) is 19.4 Å². The van der Waals surface area contributed by atoms with Crippen LogP contribution >= 0.6 is 0 Å². The molecule has 1 saturated heterocycles. The van der Waals surface area contributed by atoms with Crippen molar-refractivity contribution in [1.29, 1.82) is 0 Å². The van der Waals surface area contributed by atoms with E-state index in [1.165, 1.54) is 47.0 Å². The Labute approximate surface area is 307 Å². The average molecular weight is 737 g/mol. The third kappa shape index (κ3) is 8.11. The zero-order valence-corrected chi connectivity index (χ0v) is 29.9. The van der Waals surface area contributed by atoms with E-state index >= 15 is 0 Å². The van der Waals surface area contributed by atoms with Gasteiger partial charge in [-0.05, 0) is 83.1 Å². The predicted octanol–water partition coefficient (Wildman–Crippen LogP) is 5.56. The van der Waals surface area contributed by atoms with Gasteiger partial charge in [0.05, 0.1) is 13.6 Å². The highest BCUT2D eigenvalue weighted by Gasteiger charge is 2.39. The van der Waals surface area contributed by atoms with Crippen LogP contribution in [0, 0.1) is 0 Å². The van der Waals surface area contributed by atoms with Crippen molar-refractivity contribution >= 4 is 44.2 Å². The fourth-order valence-electron chi connectivity index (χ4n) is 7.03. The number of carbonyl (C=O) groups excluding carboxylic acids is 2. The van der Waals surface area contributed by atoms with Crippen LogP contribution in [-0.2, 0) is 27.9 Å². The first-order valence-corrected chi connectivity index (χ1v) is 18.6. The Morgan fingerprint density at radius 1 is 0.906 bits per heavy atom. The zero-order chi connectivity index (χ0) is 37.2. The second-order valence-electron chi connectivity index (χ2n) is 13.7. The number of phenolic OH excluding ortho intramolecular Hbond substituents is 1. The number of nitrogens with zero attached hydrogens (tertiary/aromatic N) is 2. The van der Waals surface area contributed by atoms with Crippen molar-refractivity contribution in [3.05, 3.63) is 120 Å². The second-order valence-corrected chi connectivity index (χ2v) is 15.2. The molecule has 0 saturated carbocycles. The van der Waals surface area contributed by atoms with Gasteiger partial charge in [0, 0.05) is 24.8 Å². The fraction of sp³-hybridized carbons (Fsp3) is 0.225. The van der Waals surface area contributed by atoms with Gasteiger partial charge >= 0.3 is 16.1 Å². The van der Waals surface area contributed by atoms with Crippen LogP contribution in [0.2, 0.25) is 0 Å². The van der Waals surface area contributed by atoms with Crippen molar-refractivity contribution < 1.29 is 45.8 Å². The Morgan fingerprint density at radius 3 is 2.38 bits per heavy atom. The second kappa shape index (κ2) is 14.6. The molecular weight excluding hydrogens is 697 g/mol. The number of rotatable bonds is 10. The molecule has 7 rings (SSSR count). The van der Waals surface area contributed by atoms with Crippen LogP contribution in [0.5, 0.6) is 23.0 Å². The molecule has 0 bridgehead atoms. The number of nitrogens with one attached hydrogen (secondary N) is 1. The van der Waals surface area contributed by atoms with Gasteiger partial charge in [-0.15, -0.1) is 0 Å². The van der Waals surface area contributed by atoms with Crippen LogP contribution in [-0.4, -0.2) is 73.2 Å². The minimum absolute atomic E-state index is 0.0174. The number of piperidine rings is 1. The van der Waals surface area contributed by atoms with Crippen LogP contribution in [0.1, 0.15) is 24.0 Å². The molecule has 12 nitrogen and oxygen atoms in total. The van der Waals surface area contributed by atoms with Crippen molar-refractivity contribution in [2.75, 3.05) is 32.2 Å². The number of likely N-dealkylation sites (tertiary alicyclic amines) is 1. The van der Waals surface area contributed by atoms with Gasteiger partial charge in [0.25, 0.3) is 5.91 Å². The lowest BCUT2D eigenvalue weighted by Crippen LogP contribution is -2.56. The molecule has 1 fully saturated rings. The number of phenols is 1. The largest absolute Gasteiger partial charge is 0.508 e. The molecule has 2 atom stereocenters.